The summed E-state index contributed by atoms with van der Waals surface area (Å²) in [6.07, 6.45) is 2.05. The quantitative estimate of drug-likeness (QED) is 0.479. The Bertz CT molecular complexity index is 1010. The average Bonchev–Trinajstić information content (AvgIpc) is 2.73. The number of halogens is 2. The second kappa shape index (κ2) is 10.2. The molecule has 0 aliphatic carbocycles. The van der Waals surface area contributed by atoms with E-state index in [0.29, 0.717) is 34.6 Å². The van der Waals surface area contributed by atoms with Gasteiger partial charge in [-0.1, -0.05) is 56.1 Å². The zero-order valence-electron chi connectivity index (χ0n) is 19.3. The van der Waals surface area contributed by atoms with Crippen LogP contribution in [-0.2, 0) is 14.3 Å². The summed E-state index contributed by atoms with van der Waals surface area (Å²) in [7, 11) is 1.28. The monoisotopic (exact) mass is 492 g/mol. The maximum atomic E-state index is 13.0. The number of pyridine rings is 1. The van der Waals surface area contributed by atoms with Gasteiger partial charge in [0, 0.05) is 30.4 Å². The molecule has 1 saturated heterocycles. The molecule has 178 valence electrons. The van der Waals surface area contributed by atoms with E-state index < -0.39 is 5.97 Å². The van der Waals surface area contributed by atoms with Crippen molar-refractivity contribution in [2.75, 3.05) is 30.8 Å². The van der Waals surface area contributed by atoms with Crippen molar-refractivity contribution >= 4 is 46.6 Å². The van der Waals surface area contributed by atoms with E-state index in [-0.39, 0.29) is 29.8 Å². The standard InChI is InChI=1S/C24H30Cl2N4O3/c1-24(2,3)11-18-13-29(21(31)10-22(32)33-4)14-20(15-5-7-16(25)8-6-15)30(18)23-19(27)9-17(26)12-28-23/h5-9,12,18,20H,10-11,13-14,27H2,1-4H3/t18?,20-/m0/s1. The molecule has 2 aromatic rings. The highest BCUT2D eigenvalue weighted by Gasteiger charge is 2.40. The lowest BCUT2D eigenvalue weighted by molar-refractivity contribution is -0.147. The maximum absolute atomic E-state index is 13.0. The number of methoxy groups -OCH3 is 1. The summed E-state index contributed by atoms with van der Waals surface area (Å²) < 4.78 is 4.71. The Morgan fingerprint density at radius 3 is 2.39 bits per heavy atom. The fraction of sp³-hybridized carbons (Fsp3) is 0.458. The SMILES string of the molecule is COC(=O)CC(=O)N1CC(CC(C)(C)C)N(c2ncc(Cl)cc2N)[C@H](c2ccc(Cl)cc2)C1. The number of aromatic nitrogens is 1. The van der Waals surface area contributed by atoms with Crippen molar-refractivity contribution in [1.29, 1.82) is 0 Å². The number of nitrogens with two attached hydrogens (primary N) is 1. The van der Waals surface area contributed by atoms with Crippen LogP contribution in [0.15, 0.2) is 36.5 Å². The van der Waals surface area contributed by atoms with E-state index >= 15 is 0 Å². The molecule has 2 N–H and O–H groups in total. The second-order valence-corrected chi connectivity index (χ2v) is 10.4. The molecule has 2 atom stereocenters. The Labute approximate surface area is 204 Å². The fourth-order valence-corrected chi connectivity index (χ4v) is 4.58. The molecule has 2 heterocycles. The lowest BCUT2D eigenvalue weighted by Gasteiger charge is -2.49. The second-order valence-electron chi connectivity index (χ2n) is 9.51. The van der Waals surface area contributed by atoms with Gasteiger partial charge in [-0.3, -0.25) is 9.59 Å². The predicted octanol–water partition coefficient (Wildman–Crippen LogP) is 4.73. The van der Waals surface area contributed by atoms with E-state index in [1.807, 2.05) is 24.3 Å². The van der Waals surface area contributed by atoms with Gasteiger partial charge in [-0.15, -0.1) is 0 Å². The third-order valence-corrected chi connectivity index (χ3v) is 6.10. The first-order chi connectivity index (χ1) is 15.5. The van der Waals surface area contributed by atoms with Crippen LogP contribution in [0.25, 0.3) is 0 Å². The summed E-state index contributed by atoms with van der Waals surface area (Å²) in [6, 6.07) is 8.86. The van der Waals surface area contributed by atoms with Crippen LogP contribution in [0.1, 0.15) is 45.2 Å². The number of carbonyl (C=O) groups excluding carboxylic acids is 2. The highest BCUT2D eigenvalue weighted by atomic mass is 35.5. The van der Waals surface area contributed by atoms with Crippen molar-refractivity contribution in [2.24, 2.45) is 5.41 Å². The highest BCUT2D eigenvalue weighted by Crippen LogP contribution is 2.40. The Morgan fingerprint density at radius 2 is 1.82 bits per heavy atom. The van der Waals surface area contributed by atoms with E-state index in [2.05, 4.69) is 30.7 Å². The lowest BCUT2D eigenvalue weighted by atomic mass is 9.85. The molecule has 1 amide bonds. The van der Waals surface area contributed by atoms with Crippen molar-refractivity contribution in [1.82, 2.24) is 9.88 Å². The van der Waals surface area contributed by atoms with Gasteiger partial charge in [-0.25, -0.2) is 4.98 Å². The molecule has 0 radical (unpaired) electrons. The number of esters is 1. The molecule has 1 aliphatic heterocycles. The molecule has 0 bridgehead atoms. The van der Waals surface area contributed by atoms with Gasteiger partial charge in [-0.2, -0.15) is 0 Å². The molecule has 3 rings (SSSR count). The Morgan fingerprint density at radius 1 is 1.15 bits per heavy atom. The number of nitrogen functional groups attached to an aromatic ring is 1. The average molecular weight is 493 g/mol. The van der Waals surface area contributed by atoms with Crippen LogP contribution in [0.2, 0.25) is 10.0 Å². The number of ether oxygens (including phenoxy) is 1. The Balaban J connectivity index is 2.09. The number of piperazine rings is 1. The van der Waals surface area contributed by atoms with E-state index in [0.717, 1.165) is 12.0 Å². The molecule has 0 spiro atoms. The van der Waals surface area contributed by atoms with Gasteiger partial charge in [0.15, 0.2) is 5.82 Å². The number of amides is 1. The highest BCUT2D eigenvalue weighted by molar-refractivity contribution is 6.31. The minimum atomic E-state index is -0.554. The lowest BCUT2D eigenvalue weighted by Crippen LogP contribution is -2.57. The largest absolute Gasteiger partial charge is 0.469 e. The number of anilines is 2. The fourth-order valence-electron chi connectivity index (χ4n) is 4.28. The molecule has 1 unspecified atom stereocenters. The number of benzene rings is 1. The third-order valence-electron chi connectivity index (χ3n) is 5.64. The first kappa shape index (κ1) is 25.1. The Kier molecular flexibility index (Phi) is 7.75. The molecular weight excluding hydrogens is 463 g/mol. The summed E-state index contributed by atoms with van der Waals surface area (Å²) in [5.41, 5.74) is 7.76. The predicted molar refractivity (Wildman–Crippen MR) is 131 cm³/mol. The van der Waals surface area contributed by atoms with Crippen LogP contribution in [0.5, 0.6) is 0 Å². The first-order valence-corrected chi connectivity index (χ1v) is 11.5. The zero-order valence-corrected chi connectivity index (χ0v) is 20.9. The molecule has 1 aromatic carbocycles. The number of nitrogens with zero attached hydrogens (tertiary/aromatic N) is 3. The van der Waals surface area contributed by atoms with Crippen LogP contribution >= 0.6 is 23.2 Å². The van der Waals surface area contributed by atoms with E-state index in [1.54, 1.807) is 17.2 Å². The van der Waals surface area contributed by atoms with Crippen molar-refractivity contribution in [3.63, 3.8) is 0 Å². The van der Waals surface area contributed by atoms with E-state index in [9.17, 15) is 9.59 Å². The summed E-state index contributed by atoms with van der Waals surface area (Å²) in [4.78, 5) is 33.3. The number of hydrogen-bond donors (Lipinski definition) is 1. The van der Waals surface area contributed by atoms with Gasteiger partial charge in [0.1, 0.15) is 6.42 Å². The summed E-state index contributed by atoms with van der Waals surface area (Å²) >= 11 is 12.3. The number of hydrogen-bond acceptors (Lipinski definition) is 6. The smallest absolute Gasteiger partial charge is 0.315 e. The molecule has 1 aliphatic rings. The van der Waals surface area contributed by atoms with Gasteiger partial charge in [0.2, 0.25) is 5.91 Å². The van der Waals surface area contributed by atoms with Crippen molar-refractivity contribution in [3.8, 4) is 0 Å². The molecular formula is C24H30Cl2N4O3. The van der Waals surface area contributed by atoms with Crippen LogP contribution in [0.3, 0.4) is 0 Å². The first-order valence-electron chi connectivity index (χ1n) is 10.8. The van der Waals surface area contributed by atoms with Crippen LogP contribution in [-0.4, -0.2) is 48.0 Å². The minimum absolute atomic E-state index is 0.0386. The van der Waals surface area contributed by atoms with Crippen LogP contribution < -0.4 is 10.6 Å². The molecule has 7 nitrogen and oxygen atoms in total. The molecule has 9 heteroatoms. The normalized spacial score (nSPS) is 18.8. The van der Waals surface area contributed by atoms with E-state index in [1.165, 1.54) is 7.11 Å². The summed E-state index contributed by atoms with van der Waals surface area (Å²) in [5, 5.41) is 1.08. The molecule has 33 heavy (non-hydrogen) atoms. The molecule has 1 aromatic heterocycles. The number of rotatable bonds is 5. The molecule has 0 saturated carbocycles. The van der Waals surface area contributed by atoms with Crippen molar-refractivity contribution < 1.29 is 14.3 Å². The van der Waals surface area contributed by atoms with Crippen LogP contribution in [0, 0.1) is 5.41 Å². The summed E-state index contributed by atoms with van der Waals surface area (Å²) in [5.74, 6) is -0.202. The van der Waals surface area contributed by atoms with Gasteiger partial charge in [-0.05, 0) is 35.6 Å². The third kappa shape index (κ3) is 6.30. The minimum Gasteiger partial charge on any atom is -0.469 e. The topological polar surface area (TPSA) is 88.8 Å². The van der Waals surface area contributed by atoms with Crippen molar-refractivity contribution in [3.05, 3.63) is 52.1 Å². The zero-order chi connectivity index (χ0) is 24.3. The van der Waals surface area contributed by atoms with Gasteiger partial charge < -0.3 is 20.3 Å². The molecule has 1 fully saturated rings. The maximum Gasteiger partial charge on any atom is 0.315 e. The number of carbonyl (C=O) groups is 2. The van der Waals surface area contributed by atoms with Crippen LogP contribution in [0.4, 0.5) is 11.5 Å². The summed E-state index contributed by atoms with van der Waals surface area (Å²) in [6.45, 7) is 7.24. The Hall–Kier alpha value is -2.51. The van der Waals surface area contributed by atoms with Gasteiger partial charge in [0.05, 0.1) is 23.9 Å². The van der Waals surface area contributed by atoms with Crippen molar-refractivity contribution in [2.45, 2.75) is 45.7 Å². The van der Waals surface area contributed by atoms with Gasteiger partial charge >= 0.3 is 5.97 Å². The van der Waals surface area contributed by atoms with E-state index in [4.69, 9.17) is 33.7 Å². The van der Waals surface area contributed by atoms with Gasteiger partial charge in [0.25, 0.3) is 0 Å².